The van der Waals surface area contributed by atoms with Crippen LogP contribution in [0.2, 0.25) is 0 Å². The number of esters is 1. The smallest absolute Gasteiger partial charge is 0.458 e. The van der Waals surface area contributed by atoms with E-state index in [2.05, 4.69) is 0 Å². The summed E-state index contributed by atoms with van der Waals surface area (Å²) in [7, 11) is 2.96. The average Bonchev–Trinajstić information content (AvgIpc) is 3.78. The molecular weight excluding hydrogens is 644 g/mol. The number of carbonyl (C=O) groups is 5. The molecule has 13 heteroatoms. The average molecular weight is 699 g/mol. The third-order valence-corrected chi connectivity index (χ3v) is 7.97. The van der Waals surface area contributed by atoms with Gasteiger partial charge in [-0.25, -0.2) is 19.2 Å². The first-order valence-corrected chi connectivity index (χ1v) is 17.1. The Morgan fingerprint density at radius 2 is 1.32 bits per heavy atom. The van der Waals surface area contributed by atoms with Crippen LogP contribution in [0.5, 0.6) is 0 Å². The summed E-state index contributed by atoms with van der Waals surface area (Å²) >= 11 is 0. The number of quaternary nitrogens is 2. The zero-order valence-corrected chi connectivity index (χ0v) is 31.0. The van der Waals surface area contributed by atoms with Gasteiger partial charge in [0.1, 0.15) is 19.3 Å². The van der Waals surface area contributed by atoms with E-state index in [1.54, 1.807) is 32.9 Å². The summed E-state index contributed by atoms with van der Waals surface area (Å²) in [5, 5.41) is 2.39. The van der Waals surface area contributed by atoms with Crippen molar-refractivity contribution in [3.8, 4) is 0 Å². The Balaban J connectivity index is 1.87. The first-order valence-electron chi connectivity index (χ1n) is 17.1. The van der Waals surface area contributed by atoms with Crippen molar-refractivity contribution < 1.29 is 52.9 Å². The number of rotatable bonds is 11. The van der Waals surface area contributed by atoms with Crippen LogP contribution in [-0.4, -0.2) is 84.7 Å². The molecule has 0 radical (unpaired) electrons. The number of likely N-dealkylation sites (N-methyl/N-ethyl adjacent to an activating group) is 1. The lowest BCUT2D eigenvalue weighted by Gasteiger charge is -2.32. The van der Waals surface area contributed by atoms with Crippen LogP contribution in [0.3, 0.4) is 0 Å². The van der Waals surface area contributed by atoms with Gasteiger partial charge in [-0.15, -0.1) is 15.0 Å². The van der Waals surface area contributed by atoms with Crippen molar-refractivity contribution in [2.24, 2.45) is 11.8 Å². The van der Waals surface area contributed by atoms with Gasteiger partial charge in [0, 0.05) is 12.3 Å². The number of nitrogens with one attached hydrogen (secondary N) is 2. The van der Waals surface area contributed by atoms with E-state index in [1.807, 2.05) is 76.2 Å². The third kappa shape index (κ3) is 10.8. The Hall–Kier alpha value is -4.49. The van der Waals surface area contributed by atoms with E-state index in [-0.39, 0.29) is 48.0 Å². The van der Waals surface area contributed by atoms with Crippen molar-refractivity contribution in [1.29, 1.82) is 0 Å². The first kappa shape index (κ1) is 39.9. The fraction of sp³-hybridized carbons (Fsp3) is 0.541. The van der Waals surface area contributed by atoms with E-state index < -0.39 is 53.4 Å². The Labute approximate surface area is 295 Å². The highest BCUT2D eigenvalue weighted by Crippen LogP contribution is 2.54. The number of nitrogens with zero attached hydrogens (tertiary/aromatic N) is 2. The predicted octanol–water partition coefficient (Wildman–Crippen LogP) is 3.55. The molecule has 2 unspecified atom stereocenters. The molecule has 2 N–H and O–H groups in total. The first-order chi connectivity index (χ1) is 23.4. The minimum Gasteiger partial charge on any atom is -0.458 e. The lowest BCUT2D eigenvalue weighted by atomic mass is 10.1. The molecule has 1 aliphatic carbocycles. The normalized spacial score (nSPS) is 18.8. The molecule has 1 aliphatic rings. The molecule has 1 fully saturated rings. The zero-order valence-electron chi connectivity index (χ0n) is 31.0. The second-order valence-corrected chi connectivity index (χ2v) is 14.6. The Bertz CT molecular complexity index is 1480. The number of amides is 4. The molecule has 0 bridgehead atoms. The largest absolute Gasteiger partial charge is 0.540 e. The van der Waals surface area contributed by atoms with Crippen LogP contribution in [-0.2, 0) is 35.1 Å². The van der Waals surface area contributed by atoms with Gasteiger partial charge in [-0.05, 0) is 50.7 Å². The number of ether oxygens (including phenoxy) is 4. The van der Waals surface area contributed by atoms with Crippen LogP contribution in [0, 0.1) is 11.8 Å². The predicted molar refractivity (Wildman–Crippen MR) is 183 cm³/mol. The van der Waals surface area contributed by atoms with Crippen molar-refractivity contribution >= 4 is 30.2 Å². The fourth-order valence-electron chi connectivity index (χ4n) is 5.36. The highest BCUT2D eigenvalue weighted by atomic mass is 16.6. The highest BCUT2D eigenvalue weighted by molar-refractivity contribution is 5.87. The maximum atomic E-state index is 14.5. The third-order valence-electron chi connectivity index (χ3n) is 7.97. The second kappa shape index (κ2) is 16.9. The van der Waals surface area contributed by atoms with Crippen LogP contribution in [0.1, 0.15) is 78.9 Å². The van der Waals surface area contributed by atoms with Crippen LogP contribution >= 0.6 is 0 Å². The van der Waals surface area contributed by atoms with Crippen molar-refractivity contribution in [2.45, 2.75) is 91.6 Å². The number of benzene rings is 2. The SMILES string of the molecule is CC(C)CN(C(=O)O[C@@]1(C(=O)[NH+](C)N(CC(C)C)C(=O)O[C@H](C)C(=O)OCc2ccccc2)C[C@H]1c1ccccc1)[NH+](C)C(=O)OC(C)(C)C. The maximum absolute atomic E-state index is 14.5. The van der Waals surface area contributed by atoms with Gasteiger partial charge in [0.25, 0.3) is 0 Å². The van der Waals surface area contributed by atoms with Gasteiger partial charge in [0.15, 0.2) is 6.10 Å². The summed E-state index contributed by atoms with van der Waals surface area (Å²) in [5.41, 5.74) is -0.910. The Kier molecular flexibility index (Phi) is 13.5. The quantitative estimate of drug-likeness (QED) is 0.205. The van der Waals surface area contributed by atoms with Gasteiger partial charge in [-0.2, -0.15) is 9.80 Å². The highest BCUT2D eigenvalue weighted by Gasteiger charge is 2.70. The number of hydrogen-bond acceptors (Lipinski definition) is 9. The molecule has 4 amide bonds. The van der Waals surface area contributed by atoms with E-state index in [1.165, 1.54) is 31.0 Å². The zero-order chi connectivity index (χ0) is 37.4. The molecule has 2 aromatic rings. The van der Waals surface area contributed by atoms with Gasteiger partial charge < -0.3 is 18.9 Å². The molecular formula is C37H54N4O9+2. The van der Waals surface area contributed by atoms with E-state index in [0.717, 1.165) is 11.1 Å². The molecule has 50 heavy (non-hydrogen) atoms. The van der Waals surface area contributed by atoms with E-state index in [4.69, 9.17) is 18.9 Å². The molecule has 5 atom stereocenters. The molecule has 3 rings (SSSR count). The van der Waals surface area contributed by atoms with Crippen molar-refractivity contribution in [2.75, 3.05) is 27.2 Å². The molecule has 13 nitrogen and oxygen atoms in total. The molecule has 0 heterocycles. The summed E-state index contributed by atoms with van der Waals surface area (Å²) in [5.74, 6) is -1.99. The van der Waals surface area contributed by atoms with Crippen molar-refractivity contribution in [3.05, 3.63) is 71.8 Å². The summed E-state index contributed by atoms with van der Waals surface area (Å²) in [6.07, 6.45) is -3.58. The minimum atomic E-state index is -1.66. The van der Waals surface area contributed by atoms with E-state index in [9.17, 15) is 24.0 Å². The number of hydrogen-bond donors (Lipinski definition) is 2. The minimum absolute atomic E-state index is 0.00826. The van der Waals surface area contributed by atoms with Gasteiger partial charge in [0.2, 0.25) is 5.60 Å². The van der Waals surface area contributed by atoms with Gasteiger partial charge in [0.05, 0.1) is 20.1 Å². The molecule has 2 aromatic carbocycles. The van der Waals surface area contributed by atoms with Crippen molar-refractivity contribution in [1.82, 2.24) is 10.0 Å². The Morgan fingerprint density at radius 3 is 1.84 bits per heavy atom. The molecule has 0 aliphatic heterocycles. The van der Waals surface area contributed by atoms with Crippen LogP contribution in [0.25, 0.3) is 0 Å². The van der Waals surface area contributed by atoms with E-state index in [0.29, 0.717) is 0 Å². The summed E-state index contributed by atoms with van der Waals surface area (Å²) in [6, 6.07) is 18.3. The molecule has 0 aromatic heterocycles. The fourth-order valence-corrected chi connectivity index (χ4v) is 5.36. The molecule has 1 saturated carbocycles. The van der Waals surface area contributed by atoms with Gasteiger partial charge >= 0.3 is 30.2 Å². The lowest BCUT2D eigenvalue weighted by molar-refractivity contribution is -0.920. The summed E-state index contributed by atoms with van der Waals surface area (Å²) in [4.78, 5) is 67.8. The number of alkyl carbamates (subject to hydrolysis) is 1. The van der Waals surface area contributed by atoms with Gasteiger partial charge in [-0.3, -0.25) is 0 Å². The lowest BCUT2D eigenvalue weighted by Crippen LogP contribution is -3.20. The van der Waals surface area contributed by atoms with Crippen molar-refractivity contribution in [3.63, 3.8) is 0 Å². The monoisotopic (exact) mass is 698 g/mol. The molecule has 274 valence electrons. The Morgan fingerprint density at radius 1 is 0.800 bits per heavy atom. The van der Waals surface area contributed by atoms with E-state index >= 15 is 0 Å². The van der Waals surface area contributed by atoms with Gasteiger partial charge in [-0.1, -0.05) is 88.4 Å². The molecule has 0 spiro atoms. The molecule has 0 saturated heterocycles. The summed E-state index contributed by atoms with van der Waals surface area (Å²) in [6.45, 7) is 14.3. The van der Waals surface area contributed by atoms with Crippen LogP contribution in [0.4, 0.5) is 14.4 Å². The van der Waals surface area contributed by atoms with Crippen LogP contribution < -0.4 is 10.0 Å². The maximum Gasteiger partial charge on any atom is 0.540 e. The summed E-state index contributed by atoms with van der Waals surface area (Å²) < 4.78 is 22.5. The standard InChI is InChI=1S/C37H52N4O9/c1-25(2)22-40(34(45)48-27(5)31(42)47-24-28-17-13-11-14-18-28)38(9)32(43)37(21-30(37)29-19-15-12-16-20-29)50-35(46)41(23-26(3)4)39(10)33(44)49-36(6,7)8/h11-20,25-27,30H,21-24H2,1-10H3/p+2/t27-,30+,37+/m1/s1. The number of carbonyl (C=O) groups excluding carboxylic acids is 5. The topological polar surface area (TPSA) is 138 Å². The van der Waals surface area contributed by atoms with Crippen LogP contribution in [0.15, 0.2) is 60.7 Å². The second-order valence-electron chi connectivity index (χ2n) is 14.6.